The molecule has 0 rings (SSSR count). The minimum absolute atomic E-state index is 0.0112. The molecule has 0 aliphatic rings. The SMILES string of the molecule is C=C(C)C(=O)OCCNC(=O)OCCOCC(F)F.CC(C)C(C)(C)C(O)(F)F.CC(C)C(F)(F)C(O)(F)F.CCC. The van der Waals surface area contributed by atoms with Crippen LogP contribution in [0.1, 0.15) is 68.7 Å². The first-order valence-electron chi connectivity index (χ1n) is 12.9. The molecular formula is C26H47F8NO7. The number of nitrogens with one attached hydrogen (secondary N) is 1. The summed E-state index contributed by atoms with van der Waals surface area (Å²) in [6, 6.07) is 0. The molecule has 42 heavy (non-hydrogen) atoms. The standard InChI is InChI=1S/C11H17F2NO5.C7H14F2O.C5H8F4O.C3H8/c1-8(2)10(15)18-4-3-14-11(16)19-6-5-17-7-9(12)13;1-5(2)6(3,4)7(8,9)10;1-3(2)4(6,7)5(8,9)10;1-3-2/h9H,1,3-7H2,2H3,(H,14,16);5,10H,1-4H3;3,10H,1-2H3;3H2,1-2H3. The molecule has 0 aliphatic heterocycles. The highest BCUT2D eigenvalue weighted by Crippen LogP contribution is 2.40. The van der Waals surface area contributed by atoms with Crippen LogP contribution in [0.3, 0.4) is 0 Å². The van der Waals surface area contributed by atoms with Crippen LogP contribution in [0.4, 0.5) is 39.9 Å². The molecule has 0 aromatic rings. The molecule has 0 atom stereocenters. The van der Waals surface area contributed by atoms with E-state index in [4.69, 9.17) is 14.9 Å². The second-order valence-corrected chi connectivity index (χ2v) is 9.89. The van der Waals surface area contributed by atoms with E-state index >= 15 is 0 Å². The van der Waals surface area contributed by atoms with E-state index in [0.29, 0.717) is 0 Å². The van der Waals surface area contributed by atoms with Crippen molar-refractivity contribution in [2.75, 3.05) is 33.0 Å². The summed E-state index contributed by atoms with van der Waals surface area (Å²) in [5.74, 6) is -6.71. The Kier molecular flexibility index (Phi) is 24.9. The van der Waals surface area contributed by atoms with E-state index < -0.39 is 54.6 Å². The summed E-state index contributed by atoms with van der Waals surface area (Å²) in [5.41, 5.74) is -1.08. The van der Waals surface area contributed by atoms with Crippen LogP contribution in [0.25, 0.3) is 0 Å². The molecule has 0 bridgehead atoms. The highest BCUT2D eigenvalue weighted by atomic mass is 19.3. The zero-order valence-corrected chi connectivity index (χ0v) is 25.6. The normalized spacial score (nSPS) is 11.9. The topological polar surface area (TPSA) is 114 Å². The van der Waals surface area contributed by atoms with Gasteiger partial charge in [0.25, 0.3) is 6.43 Å². The highest BCUT2D eigenvalue weighted by Gasteiger charge is 2.57. The van der Waals surface area contributed by atoms with Gasteiger partial charge in [0, 0.05) is 11.5 Å². The van der Waals surface area contributed by atoms with Crippen LogP contribution in [-0.2, 0) is 19.0 Å². The number of hydrogen-bond acceptors (Lipinski definition) is 7. The molecule has 0 fully saturated rings. The summed E-state index contributed by atoms with van der Waals surface area (Å²) in [6.45, 7) is 16.1. The Morgan fingerprint density at radius 3 is 1.55 bits per heavy atom. The van der Waals surface area contributed by atoms with E-state index in [1.54, 1.807) is 13.8 Å². The molecule has 1 amide bonds. The van der Waals surface area contributed by atoms with Crippen molar-refractivity contribution < 1.29 is 69.1 Å². The summed E-state index contributed by atoms with van der Waals surface area (Å²) in [6.07, 6.45) is -10.5. The minimum atomic E-state index is -4.92. The van der Waals surface area contributed by atoms with E-state index in [1.807, 2.05) is 0 Å². The summed E-state index contributed by atoms with van der Waals surface area (Å²) in [5, 5.41) is 18.3. The molecule has 0 spiro atoms. The van der Waals surface area contributed by atoms with Crippen LogP contribution >= 0.6 is 0 Å². The van der Waals surface area contributed by atoms with Crippen LogP contribution < -0.4 is 5.32 Å². The van der Waals surface area contributed by atoms with Gasteiger partial charge in [0.1, 0.15) is 19.8 Å². The largest absolute Gasteiger partial charge is 0.460 e. The Morgan fingerprint density at radius 1 is 0.833 bits per heavy atom. The Labute approximate surface area is 242 Å². The summed E-state index contributed by atoms with van der Waals surface area (Å²) >= 11 is 0. The third-order valence-electron chi connectivity index (χ3n) is 5.00. The first-order chi connectivity index (χ1) is 18.7. The number of halogens is 8. The van der Waals surface area contributed by atoms with Gasteiger partial charge in [0.2, 0.25) is 0 Å². The fraction of sp³-hybridized carbons (Fsp3) is 0.846. The zero-order valence-electron chi connectivity index (χ0n) is 25.6. The van der Waals surface area contributed by atoms with Crippen molar-refractivity contribution in [1.29, 1.82) is 0 Å². The zero-order chi connectivity index (χ0) is 34.5. The van der Waals surface area contributed by atoms with Crippen molar-refractivity contribution in [3.05, 3.63) is 12.2 Å². The number of alkyl carbamates (subject to hydrolysis) is 1. The Balaban J connectivity index is -0.000000265. The number of ether oxygens (including phenoxy) is 3. The van der Waals surface area contributed by atoms with Gasteiger partial charge in [-0.1, -0.05) is 68.4 Å². The minimum Gasteiger partial charge on any atom is -0.460 e. The third kappa shape index (κ3) is 23.4. The second kappa shape index (κ2) is 22.4. The molecule has 0 aromatic heterocycles. The molecule has 0 radical (unpaired) electrons. The molecule has 0 heterocycles. The van der Waals surface area contributed by atoms with Crippen molar-refractivity contribution in [2.45, 2.75) is 93.3 Å². The maximum atomic E-state index is 12.3. The lowest BCUT2D eigenvalue weighted by Crippen LogP contribution is -2.44. The van der Waals surface area contributed by atoms with Crippen molar-refractivity contribution in [3.8, 4) is 0 Å². The van der Waals surface area contributed by atoms with Crippen molar-refractivity contribution in [1.82, 2.24) is 5.32 Å². The van der Waals surface area contributed by atoms with E-state index in [1.165, 1.54) is 27.2 Å². The Morgan fingerprint density at radius 2 is 1.29 bits per heavy atom. The van der Waals surface area contributed by atoms with Gasteiger partial charge < -0.3 is 29.7 Å². The number of rotatable bonds is 13. The number of aliphatic hydroxyl groups is 2. The molecule has 0 unspecified atom stereocenters. The smallest absolute Gasteiger partial charge is 0.417 e. The van der Waals surface area contributed by atoms with Gasteiger partial charge in [-0.05, 0) is 12.8 Å². The van der Waals surface area contributed by atoms with Gasteiger partial charge in [-0.2, -0.15) is 26.3 Å². The molecule has 0 aliphatic carbocycles. The fourth-order valence-corrected chi connectivity index (χ4v) is 1.53. The molecule has 254 valence electrons. The number of amides is 1. The van der Waals surface area contributed by atoms with Crippen LogP contribution in [0.5, 0.6) is 0 Å². The summed E-state index contributed by atoms with van der Waals surface area (Å²) in [7, 11) is 0. The maximum absolute atomic E-state index is 12.3. The van der Waals surface area contributed by atoms with Crippen LogP contribution in [0.15, 0.2) is 12.2 Å². The predicted octanol–water partition coefficient (Wildman–Crippen LogP) is 6.65. The number of carbonyl (C=O) groups is 2. The van der Waals surface area contributed by atoms with Crippen molar-refractivity contribution >= 4 is 12.1 Å². The Bertz CT molecular complexity index is 709. The van der Waals surface area contributed by atoms with E-state index in [0.717, 1.165) is 13.8 Å². The second-order valence-electron chi connectivity index (χ2n) is 9.89. The van der Waals surface area contributed by atoms with Crippen LogP contribution in [-0.4, -0.2) is 79.8 Å². The van der Waals surface area contributed by atoms with Gasteiger partial charge in [0.15, 0.2) is 0 Å². The van der Waals surface area contributed by atoms with E-state index in [9.17, 15) is 44.7 Å². The van der Waals surface area contributed by atoms with Gasteiger partial charge in [-0.25, -0.2) is 18.4 Å². The number of hydrogen-bond donors (Lipinski definition) is 3. The molecule has 0 saturated heterocycles. The summed E-state index contributed by atoms with van der Waals surface area (Å²) in [4.78, 5) is 22.0. The predicted molar refractivity (Wildman–Crippen MR) is 141 cm³/mol. The lowest BCUT2D eigenvalue weighted by molar-refractivity contribution is -0.338. The quantitative estimate of drug-likeness (QED) is 0.0897. The monoisotopic (exact) mass is 637 g/mol. The third-order valence-corrected chi connectivity index (χ3v) is 5.00. The number of carbonyl (C=O) groups excluding carboxylic acids is 2. The number of alkyl halides is 8. The molecule has 3 N–H and O–H groups in total. The average Bonchev–Trinajstić information content (AvgIpc) is 2.80. The molecule has 0 saturated carbocycles. The average molecular weight is 638 g/mol. The molecule has 0 aromatic carbocycles. The maximum Gasteiger partial charge on any atom is 0.417 e. The lowest BCUT2D eigenvalue weighted by atomic mass is 9.80. The van der Waals surface area contributed by atoms with Gasteiger partial charge in [0.05, 0.1) is 18.6 Å². The van der Waals surface area contributed by atoms with E-state index in [2.05, 4.69) is 35.2 Å². The fourth-order valence-electron chi connectivity index (χ4n) is 1.53. The van der Waals surface area contributed by atoms with Crippen molar-refractivity contribution in [3.63, 3.8) is 0 Å². The molecular weight excluding hydrogens is 590 g/mol. The molecule has 8 nitrogen and oxygen atoms in total. The van der Waals surface area contributed by atoms with Crippen LogP contribution in [0, 0.1) is 17.3 Å². The molecule has 16 heteroatoms. The Hall–Kier alpha value is -2.20. The van der Waals surface area contributed by atoms with Gasteiger partial charge in [-0.3, -0.25) is 0 Å². The van der Waals surface area contributed by atoms with Gasteiger partial charge in [-0.15, -0.1) is 0 Å². The van der Waals surface area contributed by atoms with Crippen LogP contribution in [0.2, 0.25) is 0 Å². The number of esters is 1. The first-order valence-corrected chi connectivity index (χ1v) is 12.9. The highest BCUT2D eigenvalue weighted by molar-refractivity contribution is 5.86. The van der Waals surface area contributed by atoms with E-state index in [-0.39, 0.29) is 37.9 Å². The summed E-state index contributed by atoms with van der Waals surface area (Å²) < 4.78 is 109. The van der Waals surface area contributed by atoms with Gasteiger partial charge >= 0.3 is 30.2 Å². The lowest BCUT2D eigenvalue weighted by Gasteiger charge is -2.33. The first kappa shape index (κ1) is 46.7. The van der Waals surface area contributed by atoms with Crippen molar-refractivity contribution in [2.24, 2.45) is 17.3 Å².